The van der Waals surface area contributed by atoms with E-state index in [0.29, 0.717) is 0 Å². The van der Waals surface area contributed by atoms with Gasteiger partial charge in [-0.15, -0.1) is 0 Å². The van der Waals surface area contributed by atoms with Gasteiger partial charge in [0, 0.05) is 6.20 Å². The molecule has 106 valence electrons. The molecule has 0 spiro atoms. The summed E-state index contributed by atoms with van der Waals surface area (Å²) in [5, 5.41) is 0. The van der Waals surface area contributed by atoms with Crippen molar-refractivity contribution in [1.82, 2.24) is 4.98 Å². The van der Waals surface area contributed by atoms with Crippen molar-refractivity contribution in [3.05, 3.63) is 27.7 Å². The van der Waals surface area contributed by atoms with Gasteiger partial charge in [-0.05, 0) is 12.5 Å². The summed E-state index contributed by atoms with van der Waals surface area (Å²) in [5.41, 5.74) is -1.69. The summed E-state index contributed by atoms with van der Waals surface area (Å²) in [5.74, 6) is -1.51. The van der Waals surface area contributed by atoms with Gasteiger partial charge in [-0.1, -0.05) is 0 Å². The maximum Gasteiger partial charge on any atom is 0.393 e. The molecule has 0 aliphatic carbocycles. The molecule has 0 atom stereocenters. The lowest BCUT2D eigenvalue weighted by Crippen LogP contribution is -2.22. The van der Waals surface area contributed by atoms with Crippen LogP contribution < -0.4 is 10.3 Å². The number of hydrogen-bond acceptors (Lipinski definition) is 4. The predicted molar refractivity (Wildman–Crippen MR) is 59.3 cm³/mol. The summed E-state index contributed by atoms with van der Waals surface area (Å²) in [6.45, 7) is 1.47. The Morgan fingerprint density at radius 3 is 2.53 bits per heavy atom. The molecule has 0 saturated heterocycles. The maximum atomic E-state index is 12.4. The number of alkyl halides is 3. The van der Waals surface area contributed by atoms with Crippen LogP contribution in [0.15, 0.2) is 11.0 Å². The predicted octanol–water partition coefficient (Wildman–Crippen LogP) is 1.66. The van der Waals surface area contributed by atoms with Crippen LogP contribution in [0.5, 0.6) is 5.75 Å². The molecule has 1 rings (SSSR count). The van der Waals surface area contributed by atoms with Crippen LogP contribution in [-0.4, -0.2) is 30.8 Å². The lowest BCUT2D eigenvalue weighted by Gasteiger charge is -2.13. The van der Waals surface area contributed by atoms with Crippen LogP contribution in [0.25, 0.3) is 0 Å². The van der Waals surface area contributed by atoms with Crippen LogP contribution in [0.1, 0.15) is 22.8 Å². The summed E-state index contributed by atoms with van der Waals surface area (Å²) in [4.78, 5) is 25.2. The quantitative estimate of drug-likeness (QED) is 0.851. The Morgan fingerprint density at radius 1 is 1.42 bits per heavy atom. The van der Waals surface area contributed by atoms with E-state index in [1.807, 2.05) is 0 Å². The van der Waals surface area contributed by atoms with E-state index in [1.165, 1.54) is 6.92 Å². The average molecular weight is 279 g/mol. The van der Waals surface area contributed by atoms with Crippen molar-refractivity contribution in [2.24, 2.45) is 0 Å². The maximum absolute atomic E-state index is 12.4. The molecule has 19 heavy (non-hydrogen) atoms. The molecule has 0 aliphatic rings. The Bertz CT molecular complexity index is 522. The SMILES string of the molecule is CCOC(=O)c1c(CC(F)(F)F)c[nH]c(=O)c1OC. The van der Waals surface area contributed by atoms with E-state index in [0.717, 1.165) is 13.3 Å². The second-order valence-corrected chi connectivity index (χ2v) is 3.56. The highest BCUT2D eigenvalue weighted by Gasteiger charge is 2.32. The molecule has 0 saturated carbocycles. The van der Waals surface area contributed by atoms with Crippen molar-refractivity contribution in [3.63, 3.8) is 0 Å². The number of hydrogen-bond donors (Lipinski definition) is 1. The minimum atomic E-state index is -4.52. The molecule has 0 fully saturated rings. The minimum absolute atomic E-state index is 0.0275. The summed E-state index contributed by atoms with van der Waals surface area (Å²) in [7, 11) is 1.09. The highest BCUT2D eigenvalue weighted by Crippen LogP contribution is 2.26. The van der Waals surface area contributed by atoms with Crippen molar-refractivity contribution < 1.29 is 27.4 Å². The number of carbonyl (C=O) groups excluding carboxylic acids is 1. The molecule has 0 radical (unpaired) electrons. The third kappa shape index (κ3) is 3.73. The van der Waals surface area contributed by atoms with Crippen molar-refractivity contribution in [2.75, 3.05) is 13.7 Å². The summed E-state index contributed by atoms with van der Waals surface area (Å²) in [6, 6.07) is 0. The molecular weight excluding hydrogens is 267 g/mol. The number of esters is 1. The first-order chi connectivity index (χ1) is 8.80. The first-order valence-electron chi connectivity index (χ1n) is 5.32. The van der Waals surface area contributed by atoms with Crippen LogP contribution in [-0.2, 0) is 11.2 Å². The third-order valence-corrected chi connectivity index (χ3v) is 2.21. The molecule has 1 aromatic rings. The summed E-state index contributed by atoms with van der Waals surface area (Å²) in [6.07, 6.45) is -5.05. The molecule has 1 N–H and O–H groups in total. The van der Waals surface area contributed by atoms with Gasteiger partial charge in [0.05, 0.1) is 20.1 Å². The normalized spacial score (nSPS) is 11.2. The first kappa shape index (κ1) is 15.1. The van der Waals surface area contributed by atoms with Crippen LogP contribution in [0.4, 0.5) is 13.2 Å². The van der Waals surface area contributed by atoms with E-state index in [4.69, 9.17) is 0 Å². The standard InChI is InChI=1S/C11H12F3NO4/c1-3-19-10(17)7-6(4-11(12,13)14)5-15-9(16)8(7)18-2/h5H,3-4H2,1-2H3,(H,15,16). The van der Waals surface area contributed by atoms with Crippen LogP contribution in [0.2, 0.25) is 0 Å². The zero-order valence-corrected chi connectivity index (χ0v) is 10.3. The second-order valence-electron chi connectivity index (χ2n) is 3.56. The van der Waals surface area contributed by atoms with E-state index in [-0.39, 0.29) is 6.61 Å². The molecule has 1 heterocycles. The number of aromatic amines is 1. The number of ether oxygens (including phenoxy) is 2. The smallest absolute Gasteiger partial charge is 0.393 e. The minimum Gasteiger partial charge on any atom is -0.490 e. The average Bonchev–Trinajstić information content (AvgIpc) is 2.29. The number of methoxy groups -OCH3 is 1. The van der Waals surface area contributed by atoms with Gasteiger partial charge in [0.25, 0.3) is 5.56 Å². The van der Waals surface area contributed by atoms with E-state index in [1.54, 1.807) is 0 Å². The number of halogens is 3. The first-order valence-corrected chi connectivity index (χ1v) is 5.32. The molecule has 0 unspecified atom stereocenters. The Hall–Kier alpha value is -1.99. The number of aromatic nitrogens is 1. The zero-order valence-electron chi connectivity index (χ0n) is 10.3. The molecule has 0 amide bonds. The number of carbonyl (C=O) groups is 1. The van der Waals surface area contributed by atoms with Crippen molar-refractivity contribution in [2.45, 2.75) is 19.5 Å². The molecule has 1 aromatic heterocycles. The molecule has 0 aromatic carbocycles. The Labute approximate surface area is 106 Å². The summed E-state index contributed by atoms with van der Waals surface area (Å²) >= 11 is 0. The number of pyridine rings is 1. The van der Waals surface area contributed by atoms with Gasteiger partial charge < -0.3 is 14.5 Å². The Balaban J connectivity index is 3.38. The lowest BCUT2D eigenvalue weighted by molar-refractivity contribution is -0.127. The number of rotatable bonds is 4. The zero-order chi connectivity index (χ0) is 14.6. The fourth-order valence-corrected chi connectivity index (χ4v) is 1.53. The van der Waals surface area contributed by atoms with Gasteiger partial charge in [-0.25, -0.2) is 4.79 Å². The summed E-state index contributed by atoms with van der Waals surface area (Å²) < 4.78 is 46.6. The Morgan fingerprint density at radius 2 is 2.05 bits per heavy atom. The van der Waals surface area contributed by atoms with Gasteiger partial charge in [-0.2, -0.15) is 13.2 Å². The topological polar surface area (TPSA) is 68.4 Å². The van der Waals surface area contributed by atoms with Crippen LogP contribution >= 0.6 is 0 Å². The van der Waals surface area contributed by atoms with Crippen molar-refractivity contribution >= 4 is 5.97 Å². The number of H-pyrrole nitrogens is 1. The second kappa shape index (κ2) is 5.77. The van der Waals surface area contributed by atoms with Crippen LogP contribution in [0.3, 0.4) is 0 Å². The highest BCUT2D eigenvalue weighted by molar-refractivity contribution is 5.94. The van der Waals surface area contributed by atoms with E-state index in [9.17, 15) is 22.8 Å². The number of nitrogens with one attached hydrogen (secondary N) is 1. The lowest BCUT2D eigenvalue weighted by atomic mass is 10.1. The van der Waals surface area contributed by atoms with Crippen molar-refractivity contribution in [1.29, 1.82) is 0 Å². The molecular formula is C11H12F3NO4. The highest BCUT2D eigenvalue weighted by atomic mass is 19.4. The van der Waals surface area contributed by atoms with E-state index in [2.05, 4.69) is 14.5 Å². The van der Waals surface area contributed by atoms with Gasteiger partial charge in [0.15, 0.2) is 5.75 Å². The van der Waals surface area contributed by atoms with E-state index >= 15 is 0 Å². The van der Waals surface area contributed by atoms with Gasteiger partial charge >= 0.3 is 12.1 Å². The monoisotopic (exact) mass is 279 g/mol. The fraction of sp³-hybridized carbons (Fsp3) is 0.455. The Kier molecular flexibility index (Phi) is 4.57. The molecule has 8 heteroatoms. The molecule has 0 aliphatic heterocycles. The van der Waals surface area contributed by atoms with Crippen molar-refractivity contribution in [3.8, 4) is 5.75 Å². The van der Waals surface area contributed by atoms with Gasteiger partial charge in [0.2, 0.25) is 0 Å². The fourth-order valence-electron chi connectivity index (χ4n) is 1.53. The molecule has 5 nitrogen and oxygen atoms in total. The van der Waals surface area contributed by atoms with E-state index < -0.39 is 41.0 Å². The van der Waals surface area contributed by atoms with Crippen LogP contribution in [0, 0.1) is 0 Å². The third-order valence-electron chi connectivity index (χ3n) is 2.21. The largest absolute Gasteiger partial charge is 0.490 e. The van der Waals surface area contributed by atoms with Gasteiger partial charge in [-0.3, -0.25) is 4.79 Å². The van der Waals surface area contributed by atoms with Gasteiger partial charge in [0.1, 0.15) is 5.56 Å². The molecule has 0 bridgehead atoms.